The first-order valence-electron chi connectivity index (χ1n) is 5.91. The van der Waals surface area contributed by atoms with E-state index < -0.39 is 0 Å². The van der Waals surface area contributed by atoms with Gasteiger partial charge in [-0.05, 0) is 24.1 Å². The van der Waals surface area contributed by atoms with E-state index in [4.69, 9.17) is 15.2 Å². The van der Waals surface area contributed by atoms with Crippen molar-refractivity contribution < 1.29 is 9.47 Å². The van der Waals surface area contributed by atoms with E-state index in [1.807, 2.05) is 18.2 Å². The zero-order chi connectivity index (χ0) is 12.3. The number of rotatable bonds is 4. The van der Waals surface area contributed by atoms with Crippen LogP contribution in [0.1, 0.15) is 12.0 Å². The van der Waals surface area contributed by atoms with Crippen molar-refractivity contribution in [3.63, 3.8) is 0 Å². The molecule has 0 spiro atoms. The molecule has 94 valence electrons. The highest BCUT2D eigenvalue weighted by molar-refractivity contribution is 5.38. The SMILES string of the molecule is COc1cc(CN2CC[C@@H](N)C2)cc(OC)c1. The lowest BCUT2D eigenvalue weighted by Crippen LogP contribution is -2.26. The second-order valence-corrected chi connectivity index (χ2v) is 4.50. The van der Waals surface area contributed by atoms with Crippen LogP contribution in [0.4, 0.5) is 0 Å². The quantitative estimate of drug-likeness (QED) is 0.854. The van der Waals surface area contributed by atoms with Gasteiger partial charge >= 0.3 is 0 Å². The second kappa shape index (κ2) is 5.38. The summed E-state index contributed by atoms with van der Waals surface area (Å²) >= 11 is 0. The predicted molar refractivity (Wildman–Crippen MR) is 67.4 cm³/mol. The molecule has 1 aliphatic rings. The van der Waals surface area contributed by atoms with E-state index in [1.54, 1.807) is 14.2 Å². The molecule has 1 aliphatic heterocycles. The fourth-order valence-electron chi connectivity index (χ4n) is 2.22. The van der Waals surface area contributed by atoms with Crippen LogP contribution in [0.25, 0.3) is 0 Å². The van der Waals surface area contributed by atoms with E-state index in [9.17, 15) is 0 Å². The van der Waals surface area contributed by atoms with E-state index in [1.165, 1.54) is 5.56 Å². The van der Waals surface area contributed by atoms with Gasteiger partial charge in [0.2, 0.25) is 0 Å². The summed E-state index contributed by atoms with van der Waals surface area (Å²) in [5.41, 5.74) is 7.10. The number of ether oxygens (including phenoxy) is 2. The number of likely N-dealkylation sites (tertiary alicyclic amines) is 1. The molecule has 1 fully saturated rings. The summed E-state index contributed by atoms with van der Waals surface area (Å²) in [6, 6.07) is 6.31. The van der Waals surface area contributed by atoms with Gasteiger partial charge < -0.3 is 15.2 Å². The molecule has 0 unspecified atom stereocenters. The average molecular weight is 236 g/mol. The molecule has 4 heteroatoms. The molecule has 1 aromatic carbocycles. The van der Waals surface area contributed by atoms with Gasteiger partial charge in [0, 0.05) is 31.7 Å². The lowest BCUT2D eigenvalue weighted by atomic mass is 10.2. The van der Waals surface area contributed by atoms with Crippen molar-refractivity contribution in [2.45, 2.75) is 19.0 Å². The van der Waals surface area contributed by atoms with Crippen molar-refractivity contribution in [1.82, 2.24) is 4.90 Å². The van der Waals surface area contributed by atoms with Crippen molar-refractivity contribution in [3.8, 4) is 11.5 Å². The zero-order valence-corrected chi connectivity index (χ0v) is 10.5. The van der Waals surface area contributed by atoms with Crippen LogP contribution < -0.4 is 15.2 Å². The number of methoxy groups -OCH3 is 2. The Kier molecular flexibility index (Phi) is 3.86. The number of benzene rings is 1. The van der Waals surface area contributed by atoms with Gasteiger partial charge in [0.1, 0.15) is 11.5 Å². The van der Waals surface area contributed by atoms with Crippen LogP contribution in [0.5, 0.6) is 11.5 Å². The summed E-state index contributed by atoms with van der Waals surface area (Å²) in [6.45, 7) is 2.95. The highest BCUT2D eigenvalue weighted by Crippen LogP contribution is 2.24. The van der Waals surface area contributed by atoms with E-state index >= 15 is 0 Å². The molecular weight excluding hydrogens is 216 g/mol. The maximum atomic E-state index is 5.90. The van der Waals surface area contributed by atoms with E-state index in [2.05, 4.69) is 4.90 Å². The fraction of sp³-hybridized carbons (Fsp3) is 0.538. The first-order valence-corrected chi connectivity index (χ1v) is 5.91. The van der Waals surface area contributed by atoms with Crippen LogP contribution in [0.3, 0.4) is 0 Å². The van der Waals surface area contributed by atoms with Gasteiger partial charge in [-0.1, -0.05) is 0 Å². The molecule has 1 atom stereocenters. The third-order valence-corrected chi connectivity index (χ3v) is 3.13. The molecule has 1 saturated heterocycles. The van der Waals surface area contributed by atoms with E-state index in [-0.39, 0.29) is 0 Å². The number of nitrogens with zero attached hydrogens (tertiary/aromatic N) is 1. The van der Waals surface area contributed by atoms with Crippen molar-refractivity contribution in [2.75, 3.05) is 27.3 Å². The highest BCUT2D eigenvalue weighted by Gasteiger charge is 2.19. The van der Waals surface area contributed by atoms with Crippen LogP contribution in [-0.2, 0) is 6.54 Å². The van der Waals surface area contributed by atoms with Crippen LogP contribution in [0.15, 0.2) is 18.2 Å². The fourth-order valence-corrected chi connectivity index (χ4v) is 2.22. The largest absolute Gasteiger partial charge is 0.497 e. The molecule has 0 bridgehead atoms. The van der Waals surface area contributed by atoms with Gasteiger partial charge in [-0.2, -0.15) is 0 Å². The zero-order valence-electron chi connectivity index (χ0n) is 10.5. The Balaban J connectivity index is 2.09. The Bertz CT molecular complexity index is 359. The van der Waals surface area contributed by atoms with Crippen LogP contribution >= 0.6 is 0 Å². The molecule has 0 radical (unpaired) electrons. The molecule has 0 aliphatic carbocycles. The lowest BCUT2D eigenvalue weighted by Gasteiger charge is -2.16. The Hall–Kier alpha value is -1.26. The maximum absolute atomic E-state index is 5.90. The van der Waals surface area contributed by atoms with Crippen LogP contribution in [0.2, 0.25) is 0 Å². The van der Waals surface area contributed by atoms with Crippen LogP contribution in [0, 0.1) is 0 Å². The smallest absolute Gasteiger partial charge is 0.122 e. The van der Waals surface area contributed by atoms with Gasteiger partial charge in [0.05, 0.1) is 14.2 Å². The minimum Gasteiger partial charge on any atom is -0.497 e. The normalized spacial score (nSPS) is 20.5. The van der Waals surface area contributed by atoms with Gasteiger partial charge in [0.15, 0.2) is 0 Å². The standard InChI is InChI=1S/C13H20N2O2/c1-16-12-5-10(6-13(7-12)17-2)8-15-4-3-11(14)9-15/h5-7,11H,3-4,8-9,14H2,1-2H3/t11-/m1/s1. The summed E-state index contributed by atoms with van der Waals surface area (Å²) in [5.74, 6) is 1.67. The third kappa shape index (κ3) is 3.11. The third-order valence-electron chi connectivity index (χ3n) is 3.13. The summed E-state index contributed by atoms with van der Waals surface area (Å²) in [5, 5.41) is 0. The summed E-state index contributed by atoms with van der Waals surface area (Å²) in [6.07, 6.45) is 1.08. The first-order chi connectivity index (χ1) is 8.21. The van der Waals surface area contributed by atoms with Crippen molar-refractivity contribution in [3.05, 3.63) is 23.8 Å². The molecule has 0 aromatic heterocycles. The molecule has 1 aromatic rings. The summed E-state index contributed by atoms with van der Waals surface area (Å²) in [4.78, 5) is 2.36. The second-order valence-electron chi connectivity index (χ2n) is 4.50. The Morgan fingerprint density at radius 1 is 1.24 bits per heavy atom. The molecular formula is C13H20N2O2. The molecule has 17 heavy (non-hydrogen) atoms. The summed E-state index contributed by atoms with van der Waals surface area (Å²) in [7, 11) is 3.34. The van der Waals surface area contributed by atoms with Gasteiger partial charge in [-0.3, -0.25) is 4.90 Å². The van der Waals surface area contributed by atoms with E-state index in [0.717, 1.165) is 37.6 Å². The highest BCUT2D eigenvalue weighted by atomic mass is 16.5. The molecule has 1 heterocycles. The number of nitrogens with two attached hydrogens (primary N) is 1. The number of hydrogen-bond acceptors (Lipinski definition) is 4. The number of hydrogen-bond donors (Lipinski definition) is 1. The molecule has 0 amide bonds. The Labute approximate surface area is 102 Å². The van der Waals surface area contributed by atoms with Crippen molar-refractivity contribution in [2.24, 2.45) is 5.73 Å². The minimum atomic E-state index is 0.322. The molecule has 2 N–H and O–H groups in total. The Morgan fingerprint density at radius 2 is 1.88 bits per heavy atom. The lowest BCUT2D eigenvalue weighted by molar-refractivity contribution is 0.324. The predicted octanol–water partition coefficient (Wildman–Crippen LogP) is 1.24. The molecule has 2 rings (SSSR count). The first kappa shape index (κ1) is 12.2. The van der Waals surface area contributed by atoms with Gasteiger partial charge in [0.25, 0.3) is 0 Å². The molecule has 0 saturated carbocycles. The van der Waals surface area contributed by atoms with Crippen molar-refractivity contribution >= 4 is 0 Å². The van der Waals surface area contributed by atoms with Gasteiger partial charge in [-0.15, -0.1) is 0 Å². The van der Waals surface area contributed by atoms with Crippen molar-refractivity contribution in [1.29, 1.82) is 0 Å². The molecule has 4 nitrogen and oxygen atoms in total. The maximum Gasteiger partial charge on any atom is 0.122 e. The monoisotopic (exact) mass is 236 g/mol. The topological polar surface area (TPSA) is 47.7 Å². The van der Waals surface area contributed by atoms with Gasteiger partial charge in [-0.25, -0.2) is 0 Å². The van der Waals surface area contributed by atoms with E-state index in [0.29, 0.717) is 6.04 Å². The van der Waals surface area contributed by atoms with Crippen LogP contribution in [-0.4, -0.2) is 38.3 Å². The summed E-state index contributed by atoms with van der Waals surface area (Å²) < 4.78 is 10.5. The minimum absolute atomic E-state index is 0.322. The average Bonchev–Trinajstić information content (AvgIpc) is 2.74. The Morgan fingerprint density at radius 3 is 2.35 bits per heavy atom.